The SMILES string of the molecule is C[C@]1(c2cccc3ccccc23)NC(=O)N(CC(=O)NCCOc2ccccc2)C1=O. The van der Waals surface area contributed by atoms with Crippen LogP contribution in [0.5, 0.6) is 5.75 Å². The van der Waals surface area contributed by atoms with E-state index in [9.17, 15) is 14.4 Å². The molecule has 1 aliphatic rings. The van der Waals surface area contributed by atoms with Crippen molar-refractivity contribution in [2.45, 2.75) is 12.5 Å². The quantitative estimate of drug-likeness (QED) is 0.457. The summed E-state index contributed by atoms with van der Waals surface area (Å²) in [6.45, 7) is 1.86. The van der Waals surface area contributed by atoms with Crippen LogP contribution < -0.4 is 15.4 Å². The smallest absolute Gasteiger partial charge is 0.325 e. The lowest BCUT2D eigenvalue weighted by Crippen LogP contribution is -2.43. The highest BCUT2D eigenvalue weighted by Gasteiger charge is 2.50. The van der Waals surface area contributed by atoms with E-state index >= 15 is 0 Å². The Morgan fingerprint density at radius 2 is 1.71 bits per heavy atom. The van der Waals surface area contributed by atoms with E-state index in [-0.39, 0.29) is 19.7 Å². The normalized spacial score (nSPS) is 18.2. The van der Waals surface area contributed by atoms with Crippen LogP contribution in [0.2, 0.25) is 0 Å². The summed E-state index contributed by atoms with van der Waals surface area (Å²) in [5.41, 5.74) is -0.544. The third-order valence-electron chi connectivity index (χ3n) is 5.34. The number of hydrogen-bond acceptors (Lipinski definition) is 4. The van der Waals surface area contributed by atoms with Gasteiger partial charge < -0.3 is 15.4 Å². The molecule has 4 rings (SSSR count). The molecular formula is C24H23N3O4. The minimum Gasteiger partial charge on any atom is -0.492 e. The number of rotatable bonds is 7. The van der Waals surface area contributed by atoms with Crippen molar-refractivity contribution in [3.05, 3.63) is 78.4 Å². The summed E-state index contributed by atoms with van der Waals surface area (Å²) in [6.07, 6.45) is 0. The summed E-state index contributed by atoms with van der Waals surface area (Å²) in [7, 11) is 0. The van der Waals surface area contributed by atoms with Crippen molar-refractivity contribution in [1.29, 1.82) is 0 Å². The summed E-state index contributed by atoms with van der Waals surface area (Å²) in [4.78, 5) is 39.0. The number of fused-ring (bicyclic) bond motifs is 1. The average molecular weight is 417 g/mol. The van der Waals surface area contributed by atoms with Crippen LogP contribution in [-0.2, 0) is 15.1 Å². The number of carbonyl (C=O) groups excluding carboxylic acids is 3. The first-order valence-corrected chi connectivity index (χ1v) is 10.1. The molecule has 0 bridgehead atoms. The van der Waals surface area contributed by atoms with E-state index in [1.807, 2.05) is 72.8 Å². The minimum atomic E-state index is -1.24. The van der Waals surface area contributed by atoms with Gasteiger partial charge in [-0.05, 0) is 35.4 Å². The third-order valence-corrected chi connectivity index (χ3v) is 5.34. The fourth-order valence-electron chi connectivity index (χ4n) is 3.76. The Kier molecular flexibility index (Phi) is 5.58. The standard InChI is InChI=1S/C24H23N3O4/c1-24(20-13-7-9-17-8-5-6-12-19(17)20)22(29)27(23(30)26-24)16-21(28)25-14-15-31-18-10-3-2-4-11-18/h2-13H,14-16H2,1H3,(H,25,28)(H,26,30)/t24-/m1/s1. The van der Waals surface area contributed by atoms with Gasteiger partial charge in [-0.25, -0.2) is 4.79 Å². The van der Waals surface area contributed by atoms with Gasteiger partial charge in [0.05, 0.1) is 6.54 Å². The zero-order chi connectivity index (χ0) is 21.8. The van der Waals surface area contributed by atoms with Crippen LogP contribution >= 0.6 is 0 Å². The van der Waals surface area contributed by atoms with Crippen molar-refractivity contribution in [3.8, 4) is 5.75 Å². The summed E-state index contributed by atoms with van der Waals surface area (Å²) in [5, 5.41) is 7.30. The maximum absolute atomic E-state index is 13.2. The molecule has 1 heterocycles. The summed E-state index contributed by atoms with van der Waals surface area (Å²) >= 11 is 0. The number of para-hydroxylation sites is 1. The van der Waals surface area contributed by atoms with Gasteiger partial charge in [0.2, 0.25) is 5.91 Å². The van der Waals surface area contributed by atoms with Gasteiger partial charge in [-0.2, -0.15) is 0 Å². The molecule has 0 unspecified atom stereocenters. The number of carbonyl (C=O) groups is 3. The highest BCUT2D eigenvalue weighted by molar-refractivity contribution is 6.10. The molecular weight excluding hydrogens is 394 g/mol. The Labute approximate surface area is 180 Å². The first-order chi connectivity index (χ1) is 15.0. The van der Waals surface area contributed by atoms with E-state index in [4.69, 9.17) is 4.74 Å². The second-order valence-electron chi connectivity index (χ2n) is 7.48. The third kappa shape index (κ3) is 4.07. The zero-order valence-corrected chi connectivity index (χ0v) is 17.1. The van der Waals surface area contributed by atoms with Gasteiger partial charge in [-0.3, -0.25) is 14.5 Å². The van der Waals surface area contributed by atoms with E-state index in [1.54, 1.807) is 6.92 Å². The second kappa shape index (κ2) is 8.47. The predicted octanol–water partition coefficient (Wildman–Crippen LogP) is 2.80. The monoisotopic (exact) mass is 417 g/mol. The zero-order valence-electron chi connectivity index (χ0n) is 17.1. The minimum absolute atomic E-state index is 0.262. The van der Waals surface area contributed by atoms with E-state index < -0.39 is 23.4 Å². The molecule has 3 aromatic rings. The molecule has 31 heavy (non-hydrogen) atoms. The van der Waals surface area contributed by atoms with Crippen molar-refractivity contribution in [3.63, 3.8) is 0 Å². The Balaban J connectivity index is 1.40. The van der Waals surface area contributed by atoms with E-state index in [0.717, 1.165) is 15.7 Å². The largest absolute Gasteiger partial charge is 0.492 e. The molecule has 7 heteroatoms. The lowest BCUT2D eigenvalue weighted by atomic mass is 9.88. The maximum atomic E-state index is 13.2. The van der Waals surface area contributed by atoms with Crippen molar-refractivity contribution in [2.24, 2.45) is 0 Å². The first-order valence-electron chi connectivity index (χ1n) is 10.1. The van der Waals surface area contributed by atoms with Gasteiger partial charge in [0.15, 0.2) is 0 Å². The Morgan fingerprint density at radius 1 is 1.00 bits per heavy atom. The molecule has 158 valence electrons. The summed E-state index contributed by atoms with van der Waals surface area (Å²) in [6, 6.07) is 22.0. The van der Waals surface area contributed by atoms with Crippen LogP contribution in [0.4, 0.5) is 4.79 Å². The van der Waals surface area contributed by atoms with Gasteiger partial charge in [0.25, 0.3) is 5.91 Å². The number of urea groups is 1. The number of benzene rings is 3. The highest BCUT2D eigenvalue weighted by Crippen LogP contribution is 2.33. The molecule has 7 nitrogen and oxygen atoms in total. The van der Waals surface area contributed by atoms with E-state index in [1.165, 1.54) is 0 Å². The molecule has 4 amide bonds. The van der Waals surface area contributed by atoms with Gasteiger partial charge in [0.1, 0.15) is 24.4 Å². The molecule has 0 aliphatic carbocycles. The average Bonchev–Trinajstić information content (AvgIpc) is 3.01. The van der Waals surface area contributed by atoms with Crippen molar-refractivity contribution in [1.82, 2.24) is 15.5 Å². The highest BCUT2D eigenvalue weighted by atomic mass is 16.5. The Bertz CT molecular complexity index is 1130. The molecule has 2 N–H and O–H groups in total. The van der Waals surface area contributed by atoms with Gasteiger partial charge in [0, 0.05) is 0 Å². The fourth-order valence-corrected chi connectivity index (χ4v) is 3.76. The Morgan fingerprint density at radius 3 is 2.52 bits per heavy atom. The van der Waals surface area contributed by atoms with Crippen LogP contribution in [-0.4, -0.2) is 42.4 Å². The number of imide groups is 1. The molecule has 0 aromatic heterocycles. The molecule has 0 radical (unpaired) electrons. The second-order valence-corrected chi connectivity index (χ2v) is 7.48. The number of hydrogen-bond donors (Lipinski definition) is 2. The lowest BCUT2D eigenvalue weighted by molar-refractivity contribution is -0.134. The number of ether oxygens (including phenoxy) is 1. The van der Waals surface area contributed by atoms with Gasteiger partial charge in [-0.15, -0.1) is 0 Å². The molecule has 0 spiro atoms. The number of nitrogens with one attached hydrogen (secondary N) is 2. The van der Waals surface area contributed by atoms with Gasteiger partial charge >= 0.3 is 6.03 Å². The lowest BCUT2D eigenvalue weighted by Gasteiger charge is -2.24. The van der Waals surface area contributed by atoms with Gasteiger partial charge in [-0.1, -0.05) is 60.7 Å². The van der Waals surface area contributed by atoms with Crippen molar-refractivity contribution in [2.75, 3.05) is 19.7 Å². The Hall–Kier alpha value is -3.87. The maximum Gasteiger partial charge on any atom is 0.325 e. The molecule has 3 aromatic carbocycles. The predicted molar refractivity (Wildman–Crippen MR) is 116 cm³/mol. The van der Waals surface area contributed by atoms with Crippen LogP contribution in [0, 0.1) is 0 Å². The molecule has 1 atom stereocenters. The van der Waals surface area contributed by atoms with Crippen LogP contribution in [0.3, 0.4) is 0 Å². The molecule has 1 fully saturated rings. The van der Waals surface area contributed by atoms with E-state index in [2.05, 4.69) is 10.6 Å². The molecule has 1 aliphatic heterocycles. The van der Waals surface area contributed by atoms with Crippen LogP contribution in [0.15, 0.2) is 72.8 Å². The topological polar surface area (TPSA) is 87.7 Å². The van der Waals surface area contributed by atoms with E-state index in [0.29, 0.717) is 11.3 Å². The molecule has 0 saturated carbocycles. The first kappa shape index (κ1) is 20.4. The molecule has 1 saturated heterocycles. The number of nitrogens with zero attached hydrogens (tertiary/aromatic N) is 1. The van der Waals surface area contributed by atoms with Crippen LogP contribution in [0.25, 0.3) is 10.8 Å². The van der Waals surface area contributed by atoms with Crippen LogP contribution in [0.1, 0.15) is 12.5 Å². The summed E-state index contributed by atoms with van der Waals surface area (Å²) < 4.78 is 5.53. The number of amides is 4. The fraction of sp³-hybridized carbons (Fsp3) is 0.208. The summed E-state index contributed by atoms with van der Waals surface area (Å²) in [5.74, 6) is -0.177. The van der Waals surface area contributed by atoms with Crippen molar-refractivity contribution >= 4 is 28.6 Å². The van der Waals surface area contributed by atoms with Crippen molar-refractivity contribution < 1.29 is 19.1 Å².